The van der Waals surface area contributed by atoms with Crippen LogP contribution in [0.3, 0.4) is 0 Å². The molecular formula is C30H20O. The topological polar surface area (TPSA) is 17.1 Å². The molecule has 2 aliphatic rings. The summed E-state index contributed by atoms with van der Waals surface area (Å²) < 4.78 is 0. The Balaban J connectivity index is 1.92. The molecule has 0 heterocycles. The summed E-state index contributed by atoms with van der Waals surface area (Å²) in [5, 5.41) is 6.81. The molecule has 1 nitrogen and oxygen atoms in total. The number of fused-ring (bicyclic) bond motifs is 6. The zero-order chi connectivity index (χ0) is 20.8. The number of allylic oxidation sites excluding steroid dienone is 6. The molecule has 4 aromatic rings. The van der Waals surface area contributed by atoms with Gasteiger partial charge in [0.25, 0.3) is 0 Å². The smallest absolute Gasteiger partial charge is 0.195 e. The number of benzene rings is 4. The van der Waals surface area contributed by atoms with Crippen LogP contribution in [0.2, 0.25) is 0 Å². The number of hydrogen-bond acceptors (Lipinski definition) is 1. The summed E-state index contributed by atoms with van der Waals surface area (Å²) in [5.41, 5.74) is 3.70. The van der Waals surface area contributed by atoms with Crippen LogP contribution in [0.25, 0.3) is 32.7 Å². The van der Waals surface area contributed by atoms with Gasteiger partial charge in [0.1, 0.15) is 0 Å². The first-order chi connectivity index (χ1) is 15.3. The molecule has 0 N–H and O–H groups in total. The maximum absolute atomic E-state index is 14.1. The van der Waals surface area contributed by atoms with E-state index in [4.69, 9.17) is 0 Å². The normalized spacial score (nSPS) is 15.5. The van der Waals surface area contributed by atoms with Crippen molar-refractivity contribution in [2.75, 3.05) is 0 Å². The SMILES string of the molecule is O=C1C(C2=CC=CC=CC2)=c2c(c3ccccc3c3ccccc23)=C1c1ccccc1. The molecule has 0 amide bonds. The first-order valence-electron chi connectivity index (χ1n) is 10.7. The zero-order valence-electron chi connectivity index (χ0n) is 17.0. The molecule has 0 aromatic heterocycles. The number of rotatable bonds is 2. The third-order valence-electron chi connectivity index (χ3n) is 6.26. The molecule has 0 saturated carbocycles. The zero-order valence-corrected chi connectivity index (χ0v) is 17.0. The van der Waals surface area contributed by atoms with Crippen LogP contribution in [0, 0.1) is 0 Å². The van der Waals surface area contributed by atoms with Crippen LogP contribution in [-0.2, 0) is 4.79 Å². The molecule has 0 radical (unpaired) electrons. The van der Waals surface area contributed by atoms with Gasteiger partial charge in [-0.1, -0.05) is 109 Å². The first-order valence-corrected chi connectivity index (χ1v) is 10.7. The Bertz CT molecular complexity index is 1600. The highest BCUT2D eigenvalue weighted by atomic mass is 16.1. The molecule has 0 spiro atoms. The Morgan fingerprint density at radius 3 is 1.81 bits per heavy atom. The minimum absolute atomic E-state index is 0.123. The van der Waals surface area contributed by atoms with Crippen LogP contribution in [0.4, 0.5) is 0 Å². The number of Topliss-reactive ketones (excluding diaryl/α,β-unsaturated/α-hetero) is 1. The van der Waals surface area contributed by atoms with E-state index in [2.05, 4.69) is 60.7 Å². The largest absolute Gasteiger partial charge is 0.289 e. The molecule has 1 heteroatoms. The molecule has 6 rings (SSSR count). The molecule has 4 aromatic carbocycles. The van der Waals surface area contributed by atoms with Gasteiger partial charge < -0.3 is 0 Å². The van der Waals surface area contributed by atoms with Crippen LogP contribution in [0.15, 0.2) is 115 Å². The predicted octanol–water partition coefficient (Wildman–Crippen LogP) is 5.37. The Morgan fingerprint density at radius 2 is 1.13 bits per heavy atom. The molecule has 0 saturated heterocycles. The molecular weight excluding hydrogens is 376 g/mol. The lowest BCUT2D eigenvalue weighted by Crippen LogP contribution is -2.27. The molecule has 0 atom stereocenters. The van der Waals surface area contributed by atoms with Gasteiger partial charge in [0, 0.05) is 21.6 Å². The summed E-state index contributed by atoms with van der Waals surface area (Å²) in [6.07, 6.45) is 11.1. The fourth-order valence-electron chi connectivity index (χ4n) is 4.96. The van der Waals surface area contributed by atoms with Crippen molar-refractivity contribution in [1.29, 1.82) is 0 Å². The Labute approximate surface area is 180 Å². The van der Waals surface area contributed by atoms with Gasteiger partial charge in [-0.05, 0) is 39.1 Å². The van der Waals surface area contributed by atoms with Crippen molar-refractivity contribution in [2.24, 2.45) is 0 Å². The molecule has 0 fully saturated rings. The van der Waals surface area contributed by atoms with Crippen LogP contribution >= 0.6 is 0 Å². The summed E-state index contributed by atoms with van der Waals surface area (Å²) in [4.78, 5) is 14.1. The summed E-state index contributed by atoms with van der Waals surface area (Å²) >= 11 is 0. The minimum Gasteiger partial charge on any atom is -0.289 e. The fraction of sp³-hybridized carbons (Fsp3) is 0.0333. The predicted molar refractivity (Wildman–Crippen MR) is 129 cm³/mol. The molecule has 0 aliphatic heterocycles. The van der Waals surface area contributed by atoms with E-state index in [9.17, 15) is 4.79 Å². The van der Waals surface area contributed by atoms with E-state index in [0.29, 0.717) is 0 Å². The first kappa shape index (κ1) is 17.9. The lowest BCUT2D eigenvalue weighted by molar-refractivity contribution is -0.108. The van der Waals surface area contributed by atoms with Crippen molar-refractivity contribution >= 4 is 38.5 Å². The second-order valence-corrected chi connectivity index (χ2v) is 8.00. The maximum Gasteiger partial charge on any atom is 0.195 e. The van der Waals surface area contributed by atoms with Crippen LogP contribution in [-0.4, -0.2) is 5.78 Å². The third kappa shape index (κ3) is 2.67. The van der Waals surface area contributed by atoms with Crippen LogP contribution < -0.4 is 10.4 Å². The third-order valence-corrected chi connectivity index (χ3v) is 6.26. The average molecular weight is 396 g/mol. The quantitative estimate of drug-likeness (QED) is 0.417. The van der Waals surface area contributed by atoms with Crippen molar-refractivity contribution < 1.29 is 4.79 Å². The number of hydrogen-bond donors (Lipinski definition) is 0. The van der Waals surface area contributed by atoms with E-state index in [1.807, 2.05) is 48.6 Å². The van der Waals surface area contributed by atoms with E-state index >= 15 is 0 Å². The van der Waals surface area contributed by atoms with Crippen LogP contribution in [0.5, 0.6) is 0 Å². The van der Waals surface area contributed by atoms with Crippen molar-refractivity contribution in [2.45, 2.75) is 6.42 Å². The van der Waals surface area contributed by atoms with Crippen molar-refractivity contribution in [1.82, 2.24) is 0 Å². The summed E-state index contributed by atoms with van der Waals surface area (Å²) in [5.74, 6) is 0.123. The lowest BCUT2D eigenvalue weighted by atomic mass is 9.94. The second-order valence-electron chi connectivity index (χ2n) is 8.00. The van der Waals surface area contributed by atoms with Crippen LogP contribution in [0.1, 0.15) is 12.0 Å². The molecule has 146 valence electrons. The molecule has 0 unspecified atom stereocenters. The standard InChI is InChI=1S/C30H20O/c31-30-26(20-12-4-1-2-5-13-20)28-24-18-10-8-16-22(24)23-17-9-11-19-25(23)29(28)27(30)21-14-6-3-7-15-21/h1-12,14-19H,13H2. The summed E-state index contributed by atoms with van der Waals surface area (Å²) in [6.45, 7) is 0. The van der Waals surface area contributed by atoms with Gasteiger partial charge in [-0.15, -0.1) is 0 Å². The summed E-state index contributed by atoms with van der Waals surface area (Å²) in [6, 6.07) is 27.0. The summed E-state index contributed by atoms with van der Waals surface area (Å²) in [7, 11) is 0. The van der Waals surface area contributed by atoms with Gasteiger partial charge in [-0.25, -0.2) is 0 Å². The monoisotopic (exact) mass is 396 g/mol. The van der Waals surface area contributed by atoms with Crippen molar-refractivity contribution in [3.8, 4) is 0 Å². The minimum atomic E-state index is 0.123. The molecule has 0 bridgehead atoms. The lowest BCUT2D eigenvalue weighted by Gasteiger charge is -2.08. The van der Waals surface area contributed by atoms with Gasteiger partial charge in [0.05, 0.1) is 0 Å². The number of carbonyl (C=O) groups is 1. The highest BCUT2D eigenvalue weighted by Gasteiger charge is 2.29. The van der Waals surface area contributed by atoms with Gasteiger partial charge in [0.15, 0.2) is 5.78 Å². The van der Waals surface area contributed by atoms with E-state index in [0.717, 1.165) is 49.9 Å². The number of carbonyl (C=O) groups excluding carboxylic acids is 1. The second kappa shape index (κ2) is 7.07. The Hall–Kier alpha value is -3.97. The van der Waals surface area contributed by atoms with Crippen molar-refractivity contribution in [3.05, 3.63) is 131 Å². The fourth-order valence-corrected chi connectivity index (χ4v) is 4.96. The maximum atomic E-state index is 14.1. The average Bonchev–Trinajstić information content (AvgIpc) is 2.96. The van der Waals surface area contributed by atoms with Gasteiger partial charge in [-0.2, -0.15) is 0 Å². The molecule has 2 aliphatic carbocycles. The van der Waals surface area contributed by atoms with Crippen molar-refractivity contribution in [3.63, 3.8) is 0 Å². The van der Waals surface area contributed by atoms with E-state index in [-0.39, 0.29) is 5.78 Å². The Kier molecular flexibility index (Phi) is 4.07. The highest BCUT2D eigenvalue weighted by Crippen LogP contribution is 2.31. The molecule has 31 heavy (non-hydrogen) atoms. The van der Waals surface area contributed by atoms with Gasteiger partial charge >= 0.3 is 0 Å². The van der Waals surface area contributed by atoms with E-state index in [1.54, 1.807) is 0 Å². The van der Waals surface area contributed by atoms with E-state index in [1.165, 1.54) is 10.8 Å². The number of ketones is 1. The van der Waals surface area contributed by atoms with E-state index < -0.39 is 0 Å². The Morgan fingerprint density at radius 1 is 0.548 bits per heavy atom. The van der Waals surface area contributed by atoms with Gasteiger partial charge in [-0.3, -0.25) is 4.79 Å². The van der Waals surface area contributed by atoms with Gasteiger partial charge in [0.2, 0.25) is 0 Å². The highest BCUT2D eigenvalue weighted by molar-refractivity contribution is 6.45.